The summed E-state index contributed by atoms with van der Waals surface area (Å²) in [6, 6.07) is 7.53. The zero-order valence-electron chi connectivity index (χ0n) is 13.8. The summed E-state index contributed by atoms with van der Waals surface area (Å²) in [6.45, 7) is 3.61. The highest BCUT2D eigenvalue weighted by atomic mass is 127. The predicted molar refractivity (Wildman–Crippen MR) is 104 cm³/mol. The maximum Gasteiger partial charge on any atom is 0.255 e. The number of carbonyl (C=O) groups is 1. The number of guanidine groups is 1. The summed E-state index contributed by atoms with van der Waals surface area (Å²) >= 11 is 0. The summed E-state index contributed by atoms with van der Waals surface area (Å²) in [7, 11) is 1.75. The van der Waals surface area contributed by atoms with E-state index >= 15 is 0 Å². The fraction of sp³-hybridized carbons (Fsp3) is 0.500. The van der Waals surface area contributed by atoms with Gasteiger partial charge in [0.2, 0.25) is 0 Å². The van der Waals surface area contributed by atoms with E-state index in [1.807, 2.05) is 18.2 Å². The monoisotopic (exact) mass is 434 g/mol. The van der Waals surface area contributed by atoms with E-state index in [1.54, 1.807) is 13.1 Å². The molecule has 0 unspecified atom stereocenters. The third-order valence-corrected chi connectivity index (χ3v) is 3.04. The van der Waals surface area contributed by atoms with Crippen LogP contribution >= 0.6 is 24.0 Å². The molecule has 6 nitrogen and oxygen atoms in total. The van der Waals surface area contributed by atoms with Crippen LogP contribution < -0.4 is 21.1 Å². The molecular formula is C16H27IN4O2. The topological polar surface area (TPSA) is 88.7 Å². The third-order valence-electron chi connectivity index (χ3n) is 3.04. The Balaban J connectivity index is 0.00000484. The predicted octanol–water partition coefficient (Wildman–Crippen LogP) is 2.02. The highest BCUT2D eigenvalue weighted by Crippen LogP contribution is 2.12. The second-order valence-electron chi connectivity index (χ2n) is 4.96. The van der Waals surface area contributed by atoms with Gasteiger partial charge in [-0.1, -0.05) is 31.9 Å². The molecule has 1 aromatic carbocycles. The number of benzene rings is 1. The van der Waals surface area contributed by atoms with E-state index in [2.05, 4.69) is 22.5 Å². The van der Waals surface area contributed by atoms with Gasteiger partial charge in [-0.15, -0.1) is 24.0 Å². The van der Waals surface area contributed by atoms with Gasteiger partial charge in [-0.3, -0.25) is 9.79 Å². The van der Waals surface area contributed by atoms with Crippen LogP contribution in [0, 0.1) is 0 Å². The molecule has 0 aliphatic carbocycles. The van der Waals surface area contributed by atoms with Crippen LogP contribution in [0.3, 0.4) is 0 Å². The molecule has 0 fully saturated rings. The van der Waals surface area contributed by atoms with Crippen molar-refractivity contribution in [1.82, 2.24) is 10.6 Å². The fourth-order valence-electron chi connectivity index (χ4n) is 1.89. The molecule has 23 heavy (non-hydrogen) atoms. The molecule has 0 saturated carbocycles. The maximum absolute atomic E-state index is 10.7. The highest BCUT2D eigenvalue weighted by Gasteiger charge is 2.01. The van der Waals surface area contributed by atoms with Crippen molar-refractivity contribution in [3.8, 4) is 5.75 Å². The maximum atomic E-state index is 10.7. The van der Waals surface area contributed by atoms with Crippen LogP contribution in [0.2, 0.25) is 0 Å². The van der Waals surface area contributed by atoms with Gasteiger partial charge < -0.3 is 21.1 Å². The molecule has 0 aliphatic rings. The molecule has 0 spiro atoms. The fourth-order valence-corrected chi connectivity index (χ4v) is 1.89. The number of halogens is 1. The van der Waals surface area contributed by atoms with Crippen molar-refractivity contribution < 1.29 is 9.53 Å². The molecule has 4 N–H and O–H groups in total. The lowest BCUT2D eigenvalue weighted by molar-refractivity contribution is -0.119. The van der Waals surface area contributed by atoms with Crippen molar-refractivity contribution in [1.29, 1.82) is 0 Å². The van der Waals surface area contributed by atoms with Crippen molar-refractivity contribution in [3.63, 3.8) is 0 Å². The summed E-state index contributed by atoms with van der Waals surface area (Å²) < 4.78 is 5.28. The molecule has 0 atom stereocenters. The lowest BCUT2D eigenvalue weighted by Gasteiger charge is -2.12. The summed E-state index contributed by atoms with van der Waals surface area (Å²) in [4.78, 5) is 14.9. The summed E-state index contributed by atoms with van der Waals surface area (Å²) in [5.41, 5.74) is 6.10. The van der Waals surface area contributed by atoms with Crippen molar-refractivity contribution in [2.75, 3.05) is 20.2 Å². The average molecular weight is 434 g/mol. The Kier molecular flexibility index (Phi) is 12.1. The molecule has 130 valence electrons. The number of amides is 1. The first kappa shape index (κ1) is 21.5. The van der Waals surface area contributed by atoms with Crippen LogP contribution in [-0.4, -0.2) is 32.1 Å². The first-order valence-electron chi connectivity index (χ1n) is 7.60. The van der Waals surface area contributed by atoms with Crippen LogP contribution in [0.1, 0.15) is 31.7 Å². The number of primary amides is 1. The Bertz CT molecular complexity index is 495. The van der Waals surface area contributed by atoms with Crippen molar-refractivity contribution in [2.24, 2.45) is 10.7 Å². The quantitative estimate of drug-likeness (QED) is 0.240. The Labute approximate surface area is 155 Å². The Morgan fingerprint density at radius 2 is 2.09 bits per heavy atom. The number of nitrogens with zero attached hydrogens (tertiary/aromatic N) is 1. The number of unbranched alkanes of at least 4 members (excludes halogenated alkanes) is 2. The Morgan fingerprint density at radius 3 is 2.74 bits per heavy atom. The number of carbonyl (C=O) groups excluding carboxylic acids is 1. The normalized spacial score (nSPS) is 10.6. The SMILES string of the molecule is CCCCCNC(=NC)NCc1cccc(OCC(N)=O)c1.I. The van der Waals surface area contributed by atoms with Crippen LogP contribution in [0.4, 0.5) is 0 Å². The Hall–Kier alpha value is -1.51. The summed E-state index contributed by atoms with van der Waals surface area (Å²) in [5.74, 6) is 0.920. The van der Waals surface area contributed by atoms with E-state index in [0.717, 1.165) is 24.5 Å². The second-order valence-corrected chi connectivity index (χ2v) is 4.96. The molecule has 0 bridgehead atoms. The molecule has 0 radical (unpaired) electrons. The van der Waals surface area contributed by atoms with Crippen LogP contribution in [0.5, 0.6) is 5.75 Å². The minimum absolute atomic E-state index is 0. The minimum Gasteiger partial charge on any atom is -0.484 e. The molecule has 0 saturated heterocycles. The molecule has 1 aromatic rings. The first-order valence-corrected chi connectivity index (χ1v) is 7.60. The van der Waals surface area contributed by atoms with Gasteiger partial charge in [0.25, 0.3) is 5.91 Å². The van der Waals surface area contributed by atoms with Crippen LogP contribution in [0.25, 0.3) is 0 Å². The van der Waals surface area contributed by atoms with E-state index in [0.29, 0.717) is 12.3 Å². The molecule has 7 heteroatoms. The van der Waals surface area contributed by atoms with E-state index in [-0.39, 0.29) is 30.6 Å². The number of hydrogen-bond acceptors (Lipinski definition) is 3. The number of ether oxygens (including phenoxy) is 1. The lowest BCUT2D eigenvalue weighted by Crippen LogP contribution is -2.37. The van der Waals surface area contributed by atoms with Gasteiger partial charge in [-0.05, 0) is 24.1 Å². The van der Waals surface area contributed by atoms with Gasteiger partial charge in [-0.25, -0.2) is 0 Å². The Morgan fingerprint density at radius 1 is 1.30 bits per heavy atom. The van der Waals surface area contributed by atoms with Gasteiger partial charge in [0, 0.05) is 20.1 Å². The van der Waals surface area contributed by atoms with Crippen molar-refractivity contribution in [2.45, 2.75) is 32.7 Å². The number of rotatable bonds is 9. The molecule has 0 aliphatic heterocycles. The van der Waals surface area contributed by atoms with E-state index in [4.69, 9.17) is 10.5 Å². The lowest BCUT2D eigenvalue weighted by atomic mass is 10.2. The zero-order chi connectivity index (χ0) is 16.2. The van der Waals surface area contributed by atoms with Crippen molar-refractivity contribution >= 4 is 35.8 Å². The van der Waals surface area contributed by atoms with Crippen LogP contribution in [0.15, 0.2) is 29.3 Å². The van der Waals surface area contributed by atoms with Gasteiger partial charge in [-0.2, -0.15) is 0 Å². The first-order chi connectivity index (χ1) is 10.7. The molecule has 0 heterocycles. The molecule has 0 aromatic heterocycles. The number of nitrogens with one attached hydrogen (secondary N) is 2. The number of hydrogen-bond donors (Lipinski definition) is 3. The second kappa shape index (κ2) is 13.0. The van der Waals surface area contributed by atoms with Crippen molar-refractivity contribution in [3.05, 3.63) is 29.8 Å². The standard InChI is InChI=1S/C16H26N4O2.HI/c1-3-4-5-9-19-16(18-2)20-11-13-7-6-8-14(10-13)22-12-15(17)21;/h6-8,10H,3-5,9,11-12H2,1-2H3,(H2,17,21)(H2,18,19,20);1H. The summed E-state index contributed by atoms with van der Waals surface area (Å²) in [6.07, 6.45) is 3.54. The van der Waals surface area contributed by atoms with Gasteiger partial charge in [0.15, 0.2) is 12.6 Å². The molecule has 1 amide bonds. The zero-order valence-corrected chi connectivity index (χ0v) is 16.1. The van der Waals surface area contributed by atoms with E-state index < -0.39 is 5.91 Å². The number of aliphatic imine (C=N–C) groups is 1. The minimum atomic E-state index is -0.486. The van der Waals surface area contributed by atoms with E-state index in [1.165, 1.54) is 12.8 Å². The highest BCUT2D eigenvalue weighted by molar-refractivity contribution is 14.0. The third kappa shape index (κ3) is 9.98. The largest absolute Gasteiger partial charge is 0.484 e. The van der Waals surface area contributed by atoms with Gasteiger partial charge in [0.1, 0.15) is 5.75 Å². The summed E-state index contributed by atoms with van der Waals surface area (Å²) in [5, 5.41) is 6.52. The molecule has 1 rings (SSSR count). The smallest absolute Gasteiger partial charge is 0.255 e. The molecular weight excluding hydrogens is 407 g/mol. The van der Waals surface area contributed by atoms with Gasteiger partial charge >= 0.3 is 0 Å². The van der Waals surface area contributed by atoms with Gasteiger partial charge in [0.05, 0.1) is 0 Å². The van der Waals surface area contributed by atoms with E-state index in [9.17, 15) is 4.79 Å². The average Bonchev–Trinajstić information content (AvgIpc) is 2.52. The number of nitrogens with two attached hydrogens (primary N) is 1. The van der Waals surface area contributed by atoms with Crippen LogP contribution in [-0.2, 0) is 11.3 Å².